The minimum Gasteiger partial charge on any atom is -0.414 e. The van der Waals surface area contributed by atoms with Crippen LogP contribution in [0.25, 0.3) is 0 Å². The Morgan fingerprint density at radius 3 is 2.10 bits per heavy atom. The summed E-state index contributed by atoms with van der Waals surface area (Å²) in [4.78, 5) is 0.269. The predicted octanol–water partition coefficient (Wildman–Crippen LogP) is 10.6. The number of aryl methyl sites for hydroxylation is 1. The van der Waals surface area contributed by atoms with Gasteiger partial charge in [0.2, 0.25) is 0 Å². The average molecular weight is 923 g/mol. The maximum Gasteiger partial charge on any atom is 0.192 e. The van der Waals surface area contributed by atoms with Crippen LogP contribution in [0.15, 0.2) is 53.5 Å². The number of aliphatic hydroxyl groups is 1. The molecule has 0 amide bonds. The summed E-state index contributed by atoms with van der Waals surface area (Å²) in [6, 6.07) is 6.99. The van der Waals surface area contributed by atoms with Crippen molar-refractivity contribution in [2.45, 2.75) is 204 Å². The Labute approximate surface area is 379 Å². The monoisotopic (exact) mass is 923 g/mol. The molecule has 0 bridgehead atoms. The highest BCUT2D eigenvalue weighted by Gasteiger charge is 2.50. The molecule has 3 aliphatic heterocycles. The molecule has 0 radical (unpaired) electrons. The molecule has 62 heavy (non-hydrogen) atoms. The van der Waals surface area contributed by atoms with Crippen LogP contribution in [0.5, 0.6) is 0 Å². The maximum absolute atomic E-state index is 14.1. The lowest BCUT2D eigenvalue weighted by Gasteiger charge is -2.42. The summed E-state index contributed by atoms with van der Waals surface area (Å²) in [6.45, 7) is 39.2. The van der Waals surface area contributed by atoms with Gasteiger partial charge in [-0.05, 0) is 110 Å². The van der Waals surface area contributed by atoms with Gasteiger partial charge in [0.15, 0.2) is 32.8 Å². The lowest BCUT2D eigenvalue weighted by atomic mass is 9.84. The average Bonchev–Trinajstić information content (AvgIpc) is 3.89. The van der Waals surface area contributed by atoms with Crippen LogP contribution in [-0.4, -0.2) is 112 Å². The molecule has 0 aliphatic carbocycles. The summed E-state index contributed by atoms with van der Waals surface area (Å²) in [5, 5.41) is 11.9. The number of rotatable bonds is 23. The number of aliphatic hydroxyl groups excluding tert-OH is 1. The first-order valence-electron chi connectivity index (χ1n) is 23.4. The molecular formula is C49H86O10SSi2. The zero-order valence-electron chi connectivity index (χ0n) is 41.1. The third kappa shape index (κ3) is 14.6. The fraction of sp³-hybridized carbons (Fsp3) is 0.796. The SMILES string of the molecule is C=C([C@H](C)C[C@@H](C)CC[C@@H]1O[C@@H](CCC2OCCO2)CC1=C)[C@H](O)C[C@@H]1O[C@H](CC(CO[Si](C)(C)C(C)(C)C)O[Si](C)(C)C(C)(C)C)[C@H](OC)[C@H]1CS(=O)(=O)c1ccc(C)cc1. The second kappa shape index (κ2) is 22.0. The molecule has 1 N–H and O–H groups in total. The molecule has 1 aromatic carbocycles. The Morgan fingerprint density at radius 1 is 0.903 bits per heavy atom. The minimum atomic E-state index is -3.73. The Balaban J connectivity index is 1.48. The van der Waals surface area contributed by atoms with E-state index in [0.29, 0.717) is 32.2 Å². The number of sulfone groups is 1. The van der Waals surface area contributed by atoms with E-state index in [1.165, 1.54) is 0 Å². The number of hydrogen-bond donors (Lipinski definition) is 1. The molecule has 3 fully saturated rings. The second-order valence-corrected chi connectivity index (χ2v) is 33.6. The maximum atomic E-state index is 14.1. The smallest absolute Gasteiger partial charge is 0.192 e. The highest BCUT2D eigenvalue weighted by molar-refractivity contribution is 7.91. The van der Waals surface area contributed by atoms with E-state index in [4.69, 9.17) is 32.5 Å². The highest BCUT2D eigenvalue weighted by atomic mass is 32.2. The molecule has 3 aliphatic rings. The molecule has 13 heteroatoms. The molecule has 0 spiro atoms. The zero-order valence-corrected chi connectivity index (χ0v) is 43.9. The van der Waals surface area contributed by atoms with Gasteiger partial charge in [0.05, 0.1) is 73.2 Å². The summed E-state index contributed by atoms with van der Waals surface area (Å²) in [7, 11) is -6.49. The van der Waals surface area contributed by atoms with Gasteiger partial charge in [-0.2, -0.15) is 0 Å². The van der Waals surface area contributed by atoms with Gasteiger partial charge in [-0.3, -0.25) is 0 Å². The summed E-state index contributed by atoms with van der Waals surface area (Å²) < 4.78 is 72.9. The van der Waals surface area contributed by atoms with Gasteiger partial charge in [-0.25, -0.2) is 8.42 Å². The van der Waals surface area contributed by atoms with Gasteiger partial charge in [0.25, 0.3) is 0 Å². The summed E-state index contributed by atoms with van der Waals surface area (Å²) >= 11 is 0. The third-order valence-corrected chi connectivity index (χ3v) is 25.6. The van der Waals surface area contributed by atoms with Crippen LogP contribution < -0.4 is 0 Å². The topological polar surface area (TPSA) is 119 Å². The van der Waals surface area contributed by atoms with Gasteiger partial charge in [-0.15, -0.1) is 0 Å². The van der Waals surface area contributed by atoms with Crippen molar-refractivity contribution in [3.05, 3.63) is 54.1 Å². The number of ether oxygens (including phenoxy) is 5. The van der Waals surface area contributed by atoms with Crippen molar-refractivity contribution in [3.8, 4) is 0 Å². The molecule has 3 heterocycles. The van der Waals surface area contributed by atoms with E-state index in [1.807, 2.05) is 19.1 Å². The van der Waals surface area contributed by atoms with Gasteiger partial charge in [0, 0.05) is 32.3 Å². The van der Waals surface area contributed by atoms with Gasteiger partial charge in [0.1, 0.15) is 0 Å². The Morgan fingerprint density at radius 2 is 1.52 bits per heavy atom. The summed E-state index contributed by atoms with van der Waals surface area (Å²) in [5.41, 5.74) is 2.88. The molecule has 0 saturated carbocycles. The van der Waals surface area contributed by atoms with Crippen molar-refractivity contribution in [2.24, 2.45) is 17.8 Å². The van der Waals surface area contributed by atoms with E-state index in [0.717, 1.165) is 55.2 Å². The molecular weight excluding hydrogens is 837 g/mol. The lowest BCUT2D eigenvalue weighted by molar-refractivity contribution is -0.0587. The molecule has 3 saturated heterocycles. The highest BCUT2D eigenvalue weighted by Crippen LogP contribution is 2.43. The summed E-state index contributed by atoms with van der Waals surface area (Å²) in [6.07, 6.45) is 3.32. The quantitative estimate of drug-likeness (QED) is 0.0839. The number of methoxy groups -OCH3 is 1. The molecule has 1 aromatic rings. The van der Waals surface area contributed by atoms with Crippen molar-refractivity contribution in [1.29, 1.82) is 0 Å². The van der Waals surface area contributed by atoms with Gasteiger partial charge in [-0.1, -0.05) is 86.2 Å². The molecule has 10 nitrogen and oxygen atoms in total. The largest absolute Gasteiger partial charge is 0.414 e. The van der Waals surface area contributed by atoms with E-state index >= 15 is 0 Å². The van der Waals surface area contributed by atoms with Crippen molar-refractivity contribution < 1.29 is 46.1 Å². The first kappa shape index (κ1) is 53.4. The predicted molar refractivity (Wildman–Crippen MR) is 255 cm³/mol. The van der Waals surface area contributed by atoms with E-state index in [1.54, 1.807) is 19.2 Å². The number of hydrogen-bond acceptors (Lipinski definition) is 10. The van der Waals surface area contributed by atoms with Gasteiger partial charge < -0.3 is 37.6 Å². The second-order valence-electron chi connectivity index (χ2n) is 22.0. The van der Waals surface area contributed by atoms with E-state index in [2.05, 4.69) is 94.7 Å². The van der Waals surface area contributed by atoms with Crippen LogP contribution in [0.4, 0.5) is 0 Å². The normalized spacial score (nSPS) is 26.5. The standard InChI is InChI=1S/C49H86O10SSi2/c1-33-17-21-40(22-18-33)60(51,52)32-41-44(58-45(47(41)53-12)29-39(59-62(15,16)49(9,10)11)31-56-61(13,14)48(6,7)8)30-42(50)37(5)35(3)27-34(2)19-23-43-36(4)28-38(57-43)20-24-46-54-25-26-55-46/h17-18,21-22,34-35,38-39,41-47,50H,4-5,19-20,23-32H2,1-3,6-16H3/t34-,35+,38-,39?,41-,42+,43-,44-,45+,47+/m0/s1. The van der Waals surface area contributed by atoms with Crippen molar-refractivity contribution >= 4 is 26.5 Å². The van der Waals surface area contributed by atoms with Crippen LogP contribution in [0, 0.1) is 24.7 Å². The molecule has 4 rings (SSSR count). The van der Waals surface area contributed by atoms with Crippen LogP contribution in [-0.2, 0) is 42.4 Å². The van der Waals surface area contributed by atoms with E-state index in [9.17, 15) is 13.5 Å². The molecule has 356 valence electrons. The Hall–Kier alpha value is -1.24. The van der Waals surface area contributed by atoms with Crippen molar-refractivity contribution in [1.82, 2.24) is 0 Å². The fourth-order valence-electron chi connectivity index (χ4n) is 8.60. The van der Waals surface area contributed by atoms with Gasteiger partial charge >= 0.3 is 0 Å². The first-order chi connectivity index (χ1) is 28.6. The molecule has 0 aromatic heterocycles. The van der Waals surface area contributed by atoms with Crippen LogP contribution in [0.1, 0.15) is 112 Å². The van der Waals surface area contributed by atoms with Crippen molar-refractivity contribution in [2.75, 3.05) is 32.7 Å². The third-order valence-electron chi connectivity index (χ3n) is 14.8. The van der Waals surface area contributed by atoms with Crippen LogP contribution in [0.2, 0.25) is 36.3 Å². The van der Waals surface area contributed by atoms with Crippen molar-refractivity contribution in [3.63, 3.8) is 0 Å². The molecule has 10 atom stereocenters. The molecule has 1 unspecified atom stereocenters. The fourth-order valence-corrected chi connectivity index (χ4v) is 12.6. The Kier molecular flexibility index (Phi) is 19.0. The minimum absolute atomic E-state index is 0.0193. The van der Waals surface area contributed by atoms with E-state index in [-0.39, 0.29) is 57.7 Å². The number of benzene rings is 1. The van der Waals surface area contributed by atoms with Crippen LogP contribution >= 0.6 is 0 Å². The first-order valence-corrected chi connectivity index (χ1v) is 30.8. The van der Waals surface area contributed by atoms with Crippen LogP contribution in [0.3, 0.4) is 0 Å². The lowest BCUT2D eigenvalue weighted by Crippen LogP contribution is -2.49. The van der Waals surface area contributed by atoms with E-state index < -0.39 is 56.8 Å². The Bertz CT molecular complexity index is 1700. The summed E-state index contributed by atoms with van der Waals surface area (Å²) in [5.74, 6) is -0.308. The zero-order chi connectivity index (χ0) is 46.4.